The SMILES string of the molecule is CC(C)c1[c-]sc(N)n1.[W]. The van der Waals surface area contributed by atoms with Gasteiger partial charge in [-0.15, -0.1) is 0 Å². The molecule has 0 aliphatic heterocycles. The molecule has 1 aromatic rings. The van der Waals surface area contributed by atoms with Crippen molar-refractivity contribution in [3.8, 4) is 0 Å². The maximum Gasteiger partial charge on any atom is 0.0220 e. The molecule has 56 valence electrons. The third-order valence-electron chi connectivity index (χ3n) is 1.04. The molecule has 2 N–H and O–H groups in total. The van der Waals surface area contributed by atoms with Crippen molar-refractivity contribution in [3.05, 3.63) is 11.1 Å². The molecule has 0 aliphatic rings. The summed E-state index contributed by atoms with van der Waals surface area (Å²) in [5.41, 5.74) is 6.36. The molecule has 4 heteroatoms. The largest absolute Gasteiger partial charge is 0.452 e. The molecule has 0 aromatic carbocycles. The van der Waals surface area contributed by atoms with E-state index in [1.165, 1.54) is 11.3 Å². The molecule has 0 saturated heterocycles. The Kier molecular flexibility index (Phi) is 4.14. The first-order valence-electron chi connectivity index (χ1n) is 2.84. The third kappa shape index (κ3) is 2.39. The molecule has 2 nitrogen and oxygen atoms in total. The van der Waals surface area contributed by atoms with Crippen LogP contribution in [0, 0.1) is 5.38 Å². The summed E-state index contributed by atoms with van der Waals surface area (Å²) < 4.78 is 0. The van der Waals surface area contributed by atoms with Crippen LogP contribution in [0.15, 0.2) is 0 Å². The van der Waals surface area contributed by atoms with Gasteiger partial charge in [-0.05, 0) is 5.92 Å². The van der Waals surface area contributed by atoms with Crippen molar-refractivity contribution in [2.45, 2.75) is 19.8 Å². The zero-order chi connectivity index (χ0) is 6.85. The molecule has 0 bridgehead atoms. The Labute approximate surface area is 79.1 Å². The van der Waals surface area contributed by atoms with Gasteiger partial charge in [0.25, 0.3) is 0 Å². The number of thiazole rings is 1. The molecule has 0 aliphatic carbocycles. The number of anilines is 1. The van der Waals surface area contributed by atoms with Crippen LogP contribution in [-0.4, -0.2) is 4.98 Å². The first kappa shape index (κ1) is 10.1. The first-order chi connectivity index (χ1) is 4.20. The second-order valence-corrected chi connectivity index (χ2v) is 3.02. The predicted octanol–water partition coefficient (Wildman–Crippen LogP) is 1.65. The van der Waals surface area contributed by atoms with Crippen molar-refractivity contribution in [2.75, 3.05) is 5.73 Å². The summed E-state index contributed by atoms with van der Waals surface area (Å²) in [4.78, 5) is 4.05. The van der Waals surface area contributed by atoms with Gasteiger partial charge in [0.15, 0.2) is 0 Å². The average molecular weight is 325 g/mol. The van der Waals surface area contributed by atoms with Crippen LogP contribution in [0.1, 0.15) is 25.5 Å². The summed E-state index contributed by atoms with van der Waals surface area (Å²) in [6.07, 6.45) is 0. The fraction of sp³-hybridized carbons (Fsp3) is 0.500. The fourth-order valence-corrected chi connectivity index (χ4v) is 1.15. The number of hydrogen-bond donors (Lipinski definition) is 1. The van der Waals surface area contributed by atoms with E-state index >= 15 is 0 Å². The van der Waals surface area contributed by atoms with Gasteiger partial charge < -0.3 is 22.1 Å². The summed E-state index contributed by atoms with van der Waals surface area (Å²) in [7, 11) is 0. The minimum Gasteiger partial charge on any atom is -0.452 e. The van der Waals surface area contributed by atoms with Gasteiger partial charge in [0.05, 0.1) is 0 Å². The van der Waals surface area contributed by atoms with Crippen LogP contribution in [0.25, 0.3) is 0 Å². The van der Waals surface area contributed by atoms with Crippen molar-refractivity contribution in [1.29, 1.82) is 0 Å². The van der Waals surface area contributed by atoms with E-state index in [0.717, 1.165) is 5.69 Å². The van der Waals surface area contributed by atoms with Gasteiger partial charge in [-0.1, -0.05) is 19.5 Å². The minimum absolute atomic E-state index is 0. The topological polar surface area (TPSA) is 38.9 Å². The van der Waals surface area contributed by atoms with E-state index in [1.54, 1.807) is 0 Å². The van der Waals surface area contributed by atoms with Crippen LogP contribution >= 0.6 is 11.3 Å². The number of nitrogens with zero attached hydrogens (tertiary/aromatic N) is 1. The van der Waals surface area contributed by atoms with Gasteiger partial charge in [0.1, 0.15) is 0 Å². The first-order valence-corrected chi connectivity index (χ1v) is 3.65. The van der Waals surface area contributed by atoms with E-state index in [-0.39, 0.29) is 21.1 Å². The third-order valence-corrected chi connectivity index (χ3v) is 1.65. The van der Waals surface area contributed by atoms with Crippen LogP contribution in [-0.2, 0) is 21.1 Å². The molecule has 1 rings (SSSR count). The van der Waals surface area contributed by atoms with Crippen molar-refractivity contribution < 1.29 is 21.1 Å². The molecule has 0 unspecified atom stereocenters. The second-order valence-electron chi connectivity index (χ2n) is 2.19. The van der Waals surface area contributed by atoms with Gasteiger partial charge in [0.2, 0.25) is 0 Å². The Balaban J connectivity index is 0.000000810. The van der Waals surface area contributed by atoms with Crippen LogP contribution in [0.5, 0.6) is 0 Å². The Morgan fingerprint density at radius 3 is 2.40 bits per heavy atom. The Morgan fingerprint density at radius 2 is 2.20 bits per heavy atom. The van der Waals surface area contributed by atoms with Gasteiger partial charge in [0, 0.05) is 26.2 Å². The maximum atomic E-state index is 5.39. The van der Waals surface area contributed by atoms with Crippen LogP contribution in [0.3, 0.4) is 0 Å². The van der Waals surface area contributed by atoms with Crippen LogP contribution < -0.4 is 5.73 Å². The normalized spacial score (nSPS) is 9.50. The second kappa shape index (κ2) is 4.09. The Hall–Kier alpha value is 0.118. The zero-order valence-corrected chi connectivity index (χ0v) is 9.67. The number of aromatic nitrogens is 1. The van der Waals surface area contributed by atoms with Gasteiger partial charge >= 0.3 is 0 Å². The molecule has 0 fully saturated rings. The van der Waals surface area contributed by atoms with E-state index in [0.29, 0.717) is 11.0 Å². The fourth-order valence-electron chi connectivity index (χ4n) is 0.516. The van der Waals surface area contributed by atoms with E-state index in [9.17, 15) is 0 Å². The van der Waals surface area contributed by atoms with Gasteiger partial charge in [-0.25, -0.2) is 0 Å². The zero-order valence-electron chi connectivity index (χ0n) is 5.92. The smallest absolute Gasteiger partial charge is 0.0220 e. The molecular weight excluding hydrogens is 316 g/mol. The molecule has 10 heavy (non-hydrogen) atoms. The Morgan fingerprint density at radius 1 is 1.60 bits per heavy atom. The molecule has 0 saturated carbocycles. The number of nitrogens with two attached hydrogens (primary N) is 1. The molecule has 0 radical (unpaired) electrons. The Bertz CT molecular complexity index is 197. The van der Waals surface area contributed by atoms with Crippen molar-refractivity contribution in [3.63, 3.8) is 0 Å². The quantitative estimate of drug-likeness (QED) is 0.798. The van der Waals surface area contributed by atoms with E-state index in [2.05, 4.69) is 24.2 Å². The molecule has 0 spiro atoms. The van der Waals surface area contributed by atoms with E-state index in [4.69, 9.17) is 5.73 Å². The molecule has 1 aromatic heterocycles. The summed E-state index contributed by atoms with van der Waals surface area (Å²) in [6.45, 7) is 4.15. The summed E-state index contributed by atoms with van der Waals surface area (Å²) >= 11 is 1.37. The summed E-state index contributed by atoms with van der Waals surface area (Å²) in [5, 5.41) is 3.62. The monoisotopic (exact) mass is 325 g/mol. The number of rotatable bonds is 1. The van der Waals surface area contributed by atoms with Crippen LogP contribution in [0.2, 0.25) is 0 Å². The number of nitrogen functional groups attached to an aromatic ring is 1. The maximum absolute atomic E-state index is 5.39. The standard InChI is InChI=1S/C6H9N2S.W/c1-4(2)5-3-9-6(7)8-5;/h4H,1-2H3,(H2,7,8);/q-1;. The average Bonchev–Trinajstić information content (AvgIpc) is 2.14. The summed E-state index contributed by atoms with van der Waals surface area (Å²) in [5.74, 6) is 0.443. The van der Waals surface area contributed by atoms with Crippen LogP contribution in [0.4, 0.5) is 5.13 Å². The van der Waals surface area contributed by atoms with E-state index < -0.39 is 0 Å². The minimum atomic E-state index is 0. The van der Waals surface area contributed by atoms with E-state index in [1.807, 2.05) is 0 Å². The summed E-state index contributed by atoms with van der Waals surface area (Å²) in [6, 6.07) is 0. The van der Waals surface area contributed by atoms with Crippen molar-refractivity contribution in [2.24, 2.45) is 0 Å². The van der Waals surface area contributed by atoms with Gasteiger partial charge in [-0.2, -0.15) is 5.38 Å². The van der Waals surface area contributed by atoms with Crippen molar-refractivity contribution >= 4 is 16.5 Å². The van der Waals surface area contributed by atoms with Crippen molar-refractivity contribution in [1.82, 2.24) is 4.98 Å². The molecule has 0 atom stereocenters. The predicted molar refractivity (Wildman–Crippen MR) is 39.5 cm³/mol. The molecule has 0 amide bonds. The number of hydrogen-bond acceptors (Lipinski definition) is 3. The molecule has 1 heterocycles. The molecular formula is C6H9N2SW-. The van der Waals surface area contributed by atoms with Gasteiger partial charge in [-0.3, -0.25) is 0 Å².